The van der Waals surface area contributed by atoms with E-state index in [1.807, 2.05) is 0 Å². The fourth-order valence-corrected chi connectivity index (χ4v) is 2.05. The topological polar surface area (TPSA) is 50.9 Å². The SMILES string of the molecule is Oc1ccc2ncn(-c3cccc(F)c3C(F)(F)F)c2n1. The highest BCUT2D eigenvalue weighted by Crippen LogP contribution is 2.36. The quantitative estimate of drug-likeness (QED) is 0.701. The van der Waals surface area contributed by atoms with Gasteiger partial charge in [0.25, 0.3) is 0 Å². The average Bonchev–Trinajstić information content (AvgIpc) is 2.79. The summed E-state index contributed by atoms with van der Waals surface area (Å²) in [4.78, 5) is 7.62. The standard InChI is InChI=1S/C13H7F4N3O/c14-7-2-1-3-9(11(7)13(15,16)17)20-6-18-8-4-5-10(21)19-12(8)20/h1-6H,(H,19,21). The van der Waals surface area contributed by atoms with Crippen molar-refractivity contribution < 1.29 is 22.7 Å². The van der Waals surface area contributed by atoms with Gasteiger partial charge in [-0.2, -0.15) is 18.2 Å². The Bertz CT molecular complexity index is 826. The lowest BCUT2D eigenvalue weighted by molar-refractivity contribution is -0.139. The molecule has 0 unspecified atom stereocenters. The number of imidazole rings is 1. The van der Waals surface area contributed by atoms with Crippen LogP contribution in [0.25, 0.3) is 16.9 Å². The van der Waals surface area contributed by atoms with Crippen LogP contribution in [0.1, 0.15) is 5.56 Å². The molecule has 0 radical (unpaired) electrons. The van der Waals surface area contributed by atoms with Crippen molar-refractivity contribution in [1.29, 1.82) is 0 Å². The van der Waals surface area contributed by atoms with Crippen molar-refractivity contribution in [3.63, 3.8) is 0 Å². The third-order valence-electron chi connectivity index (χ3n) is 2.91. The van der Waals surface area contributed by atoms with E-state index in [4.69, 9.17) is 0 Å². The first-order chi connectivity index (χ1) is 9.88. The zero-order valence-corrected chi connectivity index (χ0v) is 10.3. The number of nitrogens with zero attached hydrogens (tertiary/aromatic N) is 3. The second kappa shape index (κ2) is 4.44. The number of alkyl halides is 3. The highest BCUT2D eigenvalue weighted by molar-refractivity contribution is 5.74. The van der Waals surface area contributed by atoms with Crippen molar-refractivity contribution in [2.24, 2.45) is 0 Å². The van der Waals surface area contributed by atoms with Gasteiger partial charge in [-0.3, -0.25) is 4.57 Å². The minimum Gasteiger partial charge on any atom is -0.493 e. The van der Waals surface area contributed by atoms with Gasteiger partial charge in [-0.1, -0.05) is 6.07 Å². The predicted molar refractivity (Wildman–Crippen MR) is 65.5 cm³/mol. The number of halogens is 4. The predicted octanol–water partition coefficient (Wildman–Crippen LogP) is 3.28. The Morgan fingerprint density at radius 2 is 1.86 bits per heavy atom. The number of aromatic hydroxyl groups is 1. The fraction of sp³-hybridized carbons (Fsp3) is 0.0769. The summed E-state index contributed by atoms with van der Waals surface area (Å²) in [6.07, 6.45) is -3.77. The van der Waals surface area contributed by atoms with Crippen LogP contribution < -0.4 is 0 Å². The van der Waals surface area contributed by atoms with Crippen LogP contribution in [0.5, 0.6) is 5.88 Å². The van der Waals surface area contributed by atoms with E-state index in [1.54, 1.807) is 0 Å². The minimum absolute atomic E-state index is 0.00565. The molecule has 0 aliphatic heterocycles. The molecule has 0 saturated heterocycles. The van der Waals surface area contributed by atoms with Crippen LogP contribution >= 0.6 is 0 Å². The first-order valence-corrected chi connectivity index (χ1v) is 5.77. The number of benzene rings is 1. The number of hydrogen-bond acceptors (Lipinski definition) is 3. The van der Waals surface area contributed by atoms with Crippen molar-refractivity contribution in [3.05, 3.63) is 48.0 Å². The molecule has 21 heavy (non-hydrogen) atoms. The fourth-order valence-electron chi connectivity index (χ4n) is 2.05. The number of hydrogen-bond donors (Lipinski definition) is 1. The molecule has 0 amide bonds. The van der Waals surface area contributed by atoms with Gasteiger partial charge >= 0.3 is 6.18 Å². The van der Waals surface area contributed by atoms with Crippen molar-refractivity contribution >= 4 is 11.2 Å². The molecule has 0 spiro atoms. The molecule has 8 heteroatoms. The lowest BCUT2D eigenvalue weighted by atomic mass is 10.1. The molecular formula is C13H7F4N3O. The number of pyridine rings is 1. The number of fused-ring (bicyclic) bond motifs is 1. The highest BCUT2D eigenvalue weighted by atomic mass is 19.4. The summed E-state index contributed by atoms with van der Waals surface area (Å²) in [5.41, 5.74) is -1.56. The maximum absolute atomic E-state index is 13.6. The summed E-state index contributed by atoms with van der Waals surface area (Å²) in [6.45, 7) is 0. The van der Waals surface area contributed by atoms with Gasteiger partial charge < -0.3 is 5.11 Å². The van der Waals surface area contributed by atoms with Gasteiger partial charge in [-0.15, -0.1) is 0 Å². The molecule has 2 heterocycles. The minimum atomic E-state index is -4.87. The Kier molecular flexibility index (Phi) is 2.82. The third-order valence-corrected chi connectivity index (χ3v) is 2.91. The molecule has 0 fully saturated rings. The average molecular weight is 297 g/mol. The van der Waals surface area contributed by atoms with Gasteiger partial charge in [0.1, 0.15) is 23.2 Å². The van der Waals surface area contributed by atoms with Gasteiger partial charge in [0.15, 0.2) is 5.65 Å². The maximum atomic E-state index is 13.6. The molecule has 0 aliphatic rings. The molecule has 3 rings (SSSR count). The lowest BCUT2D eigenvalue weighted by Crippen LogP contribution is -2.13. The molecule has 3 aromatic rings. The second-order valence-electron chi connectivity index (χ2n) is 4.26. The van der Waals surface area contributed by atoms with E-state index in [1.165, 1.54) is 12.1 Å². The van der Waals surface area contributed by atoms with Gasteiger partial charge in [0.2, 0.25) is 5.88 Å². The molecule has 2 aromatic heterocycles. The van der Waals surface area contributed by atoms with Crippen molar-refractivity contribution in [2.45, 2.75) is 6.18 Å². The van der Waals surface area contributed by atoms with Crippen molar-refractivity contribution in [1.82, 2.24) is 14.5 Å². The molecule has 1 aromatic carbocycles. The molecule has 0 saturated carbocycles. The van der Waals surface area contributed by atoms with Crippen molar-refractivity contribution in [2.75, 3.05) is 0 Å². The van der Waals surface area contributed by atoms with Crippen LogP contribution in [0.15, 0.2) is 36.7 Å². The van der Waals surface area contributed by atoms with E-state index in [2.05, 4.69) is 9.97 Å². The van der Waals surface area contributed by atoms with Gasteiger partial charge in [-0.05, 0) is 18.2 Å². The summed E-state index contributed by atoms with van der Waals surface area (Å²) >= 11 is 0. The Hall–Kier alpha value is -2.64. The zero-order valence-electron chi connectivity index (χ0n) is 10.3. The Morgan fingerprint density at radius 1 is 1.10 bits per heavy atom. The molecule has 1 N–H and O–H groups in total. The molecule has 4 nitrogen and oxygen atoms in total. The first-order valence-electron chi connectivity index (χ1n) is 5.77. The summed E-state index contributed by atoms with van der Waals surface area (Å²) in [7, 11) is 0. The summed E-state index contributed by atoms with van der Waals surface area (Å²) < 4.78 is 53.7. The van der Waals surface area contributed by atoms with Gasteiger partial charge in [0, 0.05) is 6.07 Å². The van der Waals surface area contributed by atoms with E-state index < -0.39 is 23.2 Å². The van der Waals surface area contributed by atoms with Gasteiger partial charge in [-0.25, -0.2) is 9.37 Å². The monoisotopic (exact) mass is 297 g/mol. The molecule has 0 bridgehead atoms. The van der Waals surface area contributed by atoms with Crippen LogP contribution in [0.2, 0.25) is 0 Å². The van der Waals surface area contributed by atoms with Crippen LogP contribution in [0.4, 0.5) is 17.6 Å². The normalized spacial score (nSPS) is 12.0. The van der Waals surface area contributed by atoms with E-state index in [-0.39, 0.29) is 17.0 Å². The second-order valence-corrected chi connectivity index (χ2v) is 4.26. The first kappa shape index (κ1) is 13.3. The van der Waals surface area contributed by atoms with Crippen LogP contribution in [0.3, 0.4) is 0 Å². The molecule has 108 valence electrons. The smallest absolute Gasteiger partial charge is 0.421 e. The Balaban J connectivity index is 2.34. The van der Waals surface area contributed by atoms with E-state index in [9.17, 15) is 22.7 Å². The third kappa shape index (κ3) is 2.18. The Morgan fingerprint density at radius 3 is 2.57 bits per heavy atom. The van der Waals surface area contributed by atoms with Crippen LogP contribution in [0, 0.1) is 5.82 Å². The molecule has 0 aliphatic carbocycles. The summed E-state index contributed by atoms with van der Waals surface area (Å²) in [5, 5.41) is 9.36. The van der Waals surface area contributed by atoms with E-state index in [0.717, 1.165) is 29.1 Å². The summed E-state index contributed by atoms with van der Waals surface area (Å²) in [6, 6.07) is 5.67. The van der Waals surface area contributed by atoms with E-state index >= 15 is 0 Å². The Labute approximate surface area is 115 Å². The number of rotatable bonds is 1. The van der Waals surface area contributed by atoms with E-state index in [0.29, 0.717) is 0 Å². The maximum Gasteiger partial charge on any atom is 0.421 e. The number of aromatic nitrogens is 3. The van der Waals surface area contributed by atoms with Crippen LogP contribution in [-0.2, 0) is 6.18 Å². The molecule has 0 atom stereocenters. The van der Waals surface area contributed by atoms with Crippen molar-refractivity contribution in [3.8, 4) is 11.6 Å². The van der Waals surface area contributed by atoms with Gasteiger partial charge in [0.05, 0.1) is 5.69 Å². The molecular weight excluding hydrogens is 290 g/mol. The zero-order chi connectivity index (χ0) is 15.2. The summed E-state index contributed by atoms with van der Waals surface area (Å²) in [5.74, 6) is -1.75. The highest BCUT2D eigenvalue weighted by Gasteiger charge is 2.37. The lowest BCUT2D eigenvalue weighted by Gasteiger charge is -2.14. The largest absolute Gasteiger partial charge is 0.493 e. The van der Waals surface area contributed by atoms with Crippen LogP contribution in [-0.4, -0.2) is 19.6 Å².